The van der Waals surface area contributed by atoms with Gasteiger partial charge in [-0.05, 0) is 13.3 Å². The lowest BCUT2D eigenvalue weighted by atomic mass is 10.2. The second kappa shape index (κ2) is 7.73. The molecule has 76 valence electrons. The van der Waals surface area contributed by atoms with Gasteiger partial charge in [0.2, 0.25) is 0 Å². The van der Waals surface area contributed by atoms with E-state index in [4.69, 9.17) is 9.84 Å². The number of ether oxygens (including phenoxy) is 1. The van der Waals surface area contributed by atoms with Crippen LogP contribution in [-0.4, -0.2) is 30.6 Å². The van der Waals surface area contributed by atoms with Crippen molar-refractivity contribution in [3.05, 3.63) is 0 Å². The summed E-state index contributed by atoms with van der Waals surface area (Å²) in [5.41, 5.74) is 0. The molecule has 0 aliphatic rings. The first-order valence-corrected chi connectivity index (χ1v) is 4.49. The molecule has 0 saturated carbocycles. The minimum absolute atomic E-state index is 0.262. The Bertz CT molecular complexity index is 168. The highest BCUT2D eigenvalue weighted by Gasteiger charge is 2.05. The van der Waals surface area contributed by atoms with E-state index in [1.165, 1.54) is 6.21 Å². The van der Waals surface area contributed by atoms with Crippen molar-refractivity contribution in [2.45, 2.75) is 26.7 Å². The first kappa shape index (κ1) is 12.1. The lowest BCUT2D eigenvalue weighted by Gasteiger charge is -1.99. The Hall–Kier alpha value is -0.900. The van der Waals surface area contributed by atoms with Crippen molar-refractivity contribution >= 4 is 12.2 Å². The normalized spacial score (nSPS) is 13.4. The maximum atomic E-state index is 10.3. The van der Waals surface area contributed by atoms with Crippen LogP contribution in [0.3, 0.4) is 0 Å². The van der Waals surface area contributed by atoms with E-state index in [1.807, 2.05) is 0 Å². The van der Waals surface area contributed by atoms with Gasteiger partial charge in [-0.2, -0.15) is 0 Å². The van der Waals surface area contributed by atoms with Gasteiger partial charge in [-0.15, -0.1) is 0 Å². The molecule has 1 unspecified atom stereocenters. The first-order chi connectivity index (χ1) is 6.18. The van der Waals surface area contributed by atoms with Crippen LogP contribution in [0, 0.1) is 5.92 Å². The minimum Gasteiger partial charge on any atom is -0.481 e. The van der Waals surface area contributed by atoms with Crippen LogP contribution in [0.25, 0.3) is 0 Å². The molecule has 0 aliphatic heterocycles. The molecule has 0 aromatic rings. The molecule has 0 aliphatic carbocycles. The van der Waals surface area contributed by atoms with Gasteiger partial charge in [-0.25, -0.2) is 0 Å². The SMILES string of the molecule is CCCCOCN=CC(C)C(=O)O. The molecule has 0 aromatic carbocycles. The number of hydrogen-bond acceptors (Lipinski definition) is 3. The maximum absolute atomic E-state index is 10.3. The molecule has 1 N–H and O–H groups in total. The number of carboxylic acids is 1. The van der Waals surface area contributed by atoms with Crippen molar-refractivity contribution in [3.8, 4) is 0 Å². The van der Waals surface area contributed by atoms with E-state index in [0.717, 1.165) is 12.8 Å². The van der Waals surface area contributed by atoms with E-state index in [0.29, 0.717) is 6.61 Å². The van der Waals surface area contributed by atoms with Gasteiger partial charge in [0, 0.05) is 12.8 Å². The molecule has 0 spiro atoms. The van der Waals surface area contributed by atoms with Crippen molar-refractivity contribution in [2.24, 2.45) is 10.9 Å². The van der Waals surface area contributed by atoms with Gasteiger partial charge >= 0.3 is 5.97 Å². The number of rotatable bonds is 7. The number of aliphatic imine (C=N–C) groups is 1. The zero-order chi connectivity index (χ0) is 10.1. The Morgan fingerprint density at radius 1 is 1.69 bits per heavy atom. The summed E-state index contributed by atoms with van der Waals surface area (Å²) >= 11 is 0. The zero-order valence-corrected chi connectivity index (χ0v) is 8.19. The molecule has 1 atom stereocenters. The van der Waals surface area contributed by atoms with Gasteiger partial charge in [0.25, 0.3) is 0 Å². The van der Waals surface area contributed by atoms with Gasteiger partial charge in [0.05, 0.1) is 5.92 Å². The highest BCUT2D eigenvalue weighted by atomic mass is 16.5. The average Bonchev–Trinajstić information content (AvgIpc) is 2.10. The molecule has 0 fully saturated rings. The van der Waals surface area contributed by atoms with Crippen LogP contribution < -0.4 is 0 Å². The predicted molar refractivity (Wildman–Crippen MR) is 51.0 cm³/mol. The molecular weight excluding hydrogens is 170 g/mol. The van der Waals surface area contributed by atoms with Crippen molar-refractivity contribution < 1.29 is 14.6 Å². The molecule has 4 nitrogen and oxygen atoms in total. The van der Waals surface area contributed by atoms with Gasteiger partial charge in [-0.1, -0.05) is 13.3 Å². The van der Waals surface area contributed by atoms with E-state index in [1.54, 1.807) is 6.92 Å². The molecule has 13 heavy (non-hydrogen) atoms. The Kier molecular flexibility index (Phi) is 7.20. The number of carboxylic acid groups (broad SMARTS) is 1. The third-order valence-electron chi connectivity index (χ3n) is 1.53. The molecule has 0 amide bonds. The van der Waals surface area contributed by atoms with Gasteiger partial charge < -0.3 is 9.84 Å². The predicted octanol–water partition coefficient (Wildman–Crippen LogP) is 1.55. The largest absolute Gasteiger partial charge is 0.481 e. The summed E-state index contributed by atoms with van der Waals surface area (Å²) in [7, 11) is 0. The van der Waals surface area contributed by atoms with Crippen LogP contribution in [-0.2, 0) is 9.53 Å². The number of hydrogen-bond donors (Lipinski definition) is 1. The van der Waals surface area contributed by atoms with Crippen LogP contribution in [0.15, 0.2) is 4.99 Å². The lowest BCUT2D eigenvalue weighted by Crippen LogP contribution is -2.10. The molecule has 0 bridgehead atoms. The highest BCUT2D eigenvalue weighted by molar-refractivity contribution is 5.87. The number of aliphatic carboxylic acids is 1. The Labute approximate surface area is 78.6 Å². The number of nitrogens with zero attached hydrogens (tertiary/aromatic N) is 1. The van der Waals surface area contributed by atoms with Gasteiger partial charge in [0.1, 0.15) is 6.73 Å². The molecule has 0 aromatic heterocycles. The van der Waals surface area contributed by atoms with E-state index in [-0.39, 0.29) is 6.73 Å². The summed E-state index contributed by atoms with van der Waals surface area (Å²) < 4.78 is 5.11. The van der Waals surface area contributed by atoms with Crippen LogP contribution in [0.2, 0.25) is 0 Å². The molecule has 4 heteroatoms. The maximum Gasteiger partial charge on any atom is 0.311 e. The molecule has 0 heterocycles. The van der Waals surface area contributed by atoms with E-state index < -0.39 is 11.9 Å². The average molecular weight is 187 g/mol. The van der Waals surface area contributed by atoms with Crippen LogP contribution in [0.5, 0.6) is 0 Å². The summed E-state index contributed by atoms with van der Waals surface area (Å²) in [4.78, 5) is 14.2. The lowest BCUT2D eigenvalue weighted by molar-refractivity contribution is -0.138. The molecule has 0 rings (SSSR count). The summed E-state index contributed by atoms with van der Waals surface area (Å²) in [5, 5.41) is 8.49. The second-order valence-corrected chi connectivity index (χ2v) is 2.85. The van der Waals surface area contributed by atoms with Crippen LogP contribution >= 0.6 is 0 Å². The van der Waals surface area contributed by atoms with Crippen molar-refractivity contribution in [3.63, 3.8) is 0 Å². The fourth-order valence-corrected chi connectivity index (χ4v) is 0.629. The van der Waals surface area contributed by atoms with Gasteiger partial charge in [0.15, 0.2) is 0 Å². The molecular formula is C9H17NO3. The zero-order valence-electron chi connectivity index (χ0n) is 8.19. The van der Waals surface area contributed by atoms with Gasteiger partial charge in [-0.3, -0.25) is 9.79 Å². The number of carbonyl (C=O) groups is 1. The summed E-state index contributed by atoms with van der Waals surface area (Å²) in [6, 6.07) is 0. The summed E-state index contributed by atoms with van der Waals surface area (Å²) in [5.74, 6) is -1.40. The van der Waals surface area contributed by atoms with Crippen LogP contribution in [0.1, 0.15) is 26.7 Å². The Balaban J connectivity index is 3.35. The van der Waals surface area contributed by atoms with E-state index in [9.17, 15) is 4.79 Å². The smallest absolute Gasteiger partial charge is 0.311 e. The molecule has 0 radical (unpaired) electrons. The quantitative estimate of drug-likeness (QED) is 0.486. The van der Waals surface area contributed by atoms with Crippen molar-refractivity contribution in [1.29, 1.82) is 0 Å². The summed E-state index contributed by atoms with van der Waals surface area (Å²) in [6.07, 6.45) is 3.51. The standard InChI is InChI=1S/C9H17NO3/c1-3-4-5-13-7-10-6-8(2)9(11)12/h6,8H,3-5,7H2,1-2H3,(H,11,12). The Morgan fingerprint density at radius 2 is 2.38 bits per heavy atom. The fourth-order valence-electron chi connectivity index (χ4n) is 0.629. The monoisotopic (exact) mass is 187 g/mol. The fraction of sp³-hybridized carbons (Fsp3) is 0.778. The van der Waals surface area contributed by atoms with Crippen molar-refractivity contribution in [1.82, 2.24) is 0 Å². The summed E-state index contributed by atoms with van der Waals surface area (Å²) in [6.45, 7) is 4.61. The topological polar surface area (TPSA) is 58.9 Å². The Morgan fingerprint density at radius 3 is 2.92 bits per heavy atom. The molecule has 0 saturated heterocycles. The van der Waals surface area contributed by atoms with Crippen LogP contribution in [0.4, 0.5) is 0 Å². The highest BCUT2D eigenvalue weighted by Crippen LogP contribution is 1.91. The third kappa shape index (κ3) is 7.46. The minimum atomic E-state index is -0.864. The number of unbranched alkanes of at least 4 members (excludes halogenated alkanes) is 1. The first-order valence-electron chi connectivity index (χ1n) is 4.49. The van der Waals surface area contributed by atoms with E-state index >= 15 is 0 Å². The van der Waals surface area contributed by atoms with Crippen molar-refractivity contribution in [2.75, 3.05) is 13.3 Å². The third-order valence-corrected chi connectivity index (χ3v) is 1.53. The van der Waals surface area contributed by atoms with E-state index in [2.05, 4.69) is 11.9 Å². The second-order valence-electron chi connectivity index (χ2n) is 2.85.